The molecule has 27 heavy (non-hydrogen) atoms. The maximum atomic E-state index is 12.4. The molecule has 0 radical (unpaired) electrons. The SMILES string of the molecule is CC(=O)CCc1ccc(OCC(O)Cn2c(=O)n(C)c3ccccc32)cc1. The smallest absolute Gasteiger partial charge is 0.328 e. The zero-order valence-corrected chi connectivity index (χ0v) is 15.6. The molecule has 0 saturated carbocycles. The number of aryl methyl sites for hydroxylation is 2. The number of carbonyl (C=O) groups excluding carboxylic acids is 1. The minimum Gasteiger partial charge on any atom is -0.491 e. The van der Waals surface area contributed by atoms with Gasteiger partial charge in [-0.25, -0.2) is 4.79 Å². The molecule has 0 aliphatic rings. The Bertz CT molecular complexity index is 986. The molecule has 6 heteroatoms. The van der Waals surface area contributed by atoms with Crippen molar-refractivity contribution >= 4 is 16.8 Å². The van der Waals surface area contributed by atoms with E-state index in [1.165, 1.54) is 0 Å². The molecule has 1 heterocycles. The second-order valence-electron chi connectivity index (χ2n) is 6.75. The minimum absolute atomic E-state index is 0.0858. The lowest BCUT2D eigenvalue weighted by molar-refractivity contribution is -0.116. The molecule has 0 saturated heterocycles. The van der Waals surface area contributed by atoms with Crippen LogP contribution in [0.1, 0.15) is 18.9 Å². The summed E-state index contributed by atoms with van der Waals surface area (Å²) in [6, 6.07) is 15.0. The van der Waals surface area contributed by atoms with Crippen LogP contribution in [0.4, 0.5) is 0 Å². The number of para-hydroxylation sites is 2. The summed E-state index contributed by atoms with van der Waals surface area (Å²) in [5.74, 6) is 0.813. The molecule has 2 aromatic carbocycles. The topological polar surface area (TPSA) is 73.5 Å². The summed E-state index contributed by atoms with van der Waals surface area (Å²) in [6.45, 7) is 1.83. The van der Waals surface area contributed by atoms with Crippen LogP contribution in [0.2, 0.25) is 0 Å². The van der Waals surface area contributed by atoms with E-state index in [2.05, 4.69) is 0 Å². The zero-order chi connectivity index (χ0) is 19.4. The summed E-state index contributed by atoms with van der Waals surface area (Å²) in [5.41, 5.74) is 2.53. The van der Waals surface area contributed by atoms with Crippen LogP contribution in [0, 0.1) is 0 Å². The Labute approximate surface area is 157 Å². The Hall–Kier alpha value is -2.86. The second kappa shape index (κ2) is 8.22. The number of aliphatic hydroxyl groups is 1. The van der Waals surface area contributed by atoms with Crippen molar-refractivity contribution < 1.29 is 14.6 Å². The van der Waals surface area contributed by atoms with Crippen molar-refractivity contribution in [2.45, 2.75) is 32.4 Å². The molecule has 0 bridgehead atoms. The van der Waals surface area contributed by atoms with Crippen molar-refractivity contribution in [3.8, 4) is 5.75 Å². The number of aromatic nitrogens is 2. The van der Waals surface area contributed by atoms with Crippen molar-refractivity contribution in [3.05, 3.63) is 64.6 Å². The first-order chi connectivity index (χ1) is 13.0. The van der Waals surface area contributed by atoms with Gasteiger partial charge in [-0.1, -0.05) is 24.3 Å². The van der Waals surface area contributed by atoms with E-state index in [1.54, 1.807) is 23.1 Å². The third-order valence-corrected chi connectivity index (χ3v) is 4.58. The molecule has 0 spiro atoms. The van der Waals surface area contributed by atoms with Gasteiger partial charge in [-0.05, 0) is 43.2 Å². The van der Waals surface area contributed by atoms with Gasteiger partial charge in [0.2, 0.25) is 0 Å². The van der Waals surface area contributed by atoms with Gasteiger partial charge < -0.3 is 14.6 Å². The number of carbonyl (C=O) groups is 1. The summed E-state index contributed by atoms with van der Waals surface area (Å²) in [6.07, 6.45) is 0.423. The van der Waals surface area contributed by atoms with Crippen LogP contribution in [-0.4, -0.2) is 32.7 Å². The van der Waals surface area contributed by atoms with Crippen LogP contribution in [-0.2, 0) is 24.8 Å². The van der Waals surface area contributed by atoms with Crippen molar-refractivity contribution in [3.63, 3.8) is 0 Å². The van der Waals surface area contributed by atoms with E-state index in [4.69, 9.17) is 4.74 Å². The van der Waals surface area contributed by atoms with Crippen LogP contribution >= 0.6 is 0 Å². The average Bonchev–Trinajstić information content (AvgIpc) is 2.91. The number of aliphatic hydroxyl groups excluding tert-OH is 1. The summed E-state index contributed by atoms with van der Waals surface area (Å²) in [7, 11) is 1.72. The summed E-state index contributed by atoms with van der Waals surface area (Å²) in [5, 5.41) is 10.3. The summed E-state index contributed by atoms with van der Waals surface area (Å²) >= 11 is 0. The van der Waals surface area contributed by atoms with Gasteiger partial charge in [0.15, 0.2) is 0 Å². The molecule has 0 aliphatic heterocycles. The fourth-order valence-electron chi connectivity index (χ4n) is 3.07. The van der Waals surface area contributed by atoms with Crippen LogP contribution in [0.5, 0.6) is 5.75 Å². The number of rotatable bonds is 8. The quantitative estimate of drug-likeness (QED) is 0.662. The Balaban J connectivity index is 1.60. The van der Waals surface area contributed by atoms with E-state index in [0.717, 1.165) is 16.6 Å². The van der Waals surface area contributed by atoms with Crippen LogP contribution in [0.25, 0.3) is 11.0 Å². The fraction of sp³-hybridized carbons (Fsp3) is 0.333. The highest BCUT2D eigenvalue weighted by atomic mass is 16.5. The van der Waals surface area contributed by atoms with Gasteiger partial charge in [-0.2, -0.15) is 0 Å². The number of Topliss-reactive ketones (excluding diaryl/α,β-unsaturated/α-hetero) is 1. The lowest BCUT2D eigenvalue weighted by atomic mass is 10.1. The van der Waals surface area contributed by atoms with E-state index < -0.39 is 6.10 Å². The number of nitrogens with zero attached hydrogens (tertiary/aromatic N) is 2. The van der Waals surface area contributed by atoms with Gasteiger partial charge in [-0.15, -0.1) is 0 Å². The monoisotopic (exact) mass is 368 g/mol. The molecule has 1 N–H and O–H groups in total. The van der Waals surface area contributed by atoms with Gasteiger partial charge in [0.25, 0.3) is 0 Å². The first-order valence-corrected chi connectivity index (χ1v) is 8.99. The lowest BCUT2D eigenvalue weighted by Gasteiger charge is -2.13. The van der Waals surface area contributed by atoms with Gasteiger partial charge >= 0.3 is 5.69 Å². The number of hydrogen-bond acceptors (Lipinski definition) is 4. The number of ether oxygens (including phenoxy) is 1. The molecule has 1 unspecified atom stereocenters. The first kappa shape index (κ1) is 18.9. The Morgan fingerprint density at radius 3 is 2.44 bits per heavy atom. The molecule has 3 aromatic rings. The first-order valence-electron chi connectivity index (χ1n) is 8.99. The number of fused-ring (bicyclic) bond motifs is 1. The predicted octanol–water partition coefficient (Wildman–Crippen LogP) is 2.30. The maximum absolute atomic E-state index is 12.4. The average molecular weight is 368 g/mol. The van der Waals surface area contributed by atoms with Crippen molar-refractivity contribution in [1.82, 2.24) is 9.13 Å². The summed E-state index contributed by atoms with van der Waals surface area (Å²) < 4.78 is 8.78. The Morgan fingerprint density at radius 2 is 1.78 bits per heavy atom. The van der Waals surface area contributed by atoms with Crippen LogP contribution in [0.15, 0.2) is 53.3 Å². The highest BCUT2D eigenvalue weighted by Crippen LogP contribution is 2.15. The van der Waals surface area contributed by atoms with Crippen molar-refractivity contribution in [2.24, 2.45) is 7.05 Å². The van der Waals surface area contributed by atoms with Crippen LogP contribution in [0.3, 0.4) is 0 Å². The highest BCUT2D eigenvalue weighted by molar-refractivity contribution is 5.76. The summed E-state index contributed by atoms with van der Waals surface area (Å²) in [4.78, 5) is 23.4. The zero-order valence-electron chi connectivity index (χ0n) is 15.6. The van der Waals surface area contributed by atoms with Crippen molar-refractivity contribution in [1.29, 1.82) is 0 Å². The van der Waals surface area contributed by atoms with E-state index in [1.807, 2.05) is 48.5 Å². The minimum atomic E-state index is -0.814. The number of hydrogen-bond donors (Lipinski definition) is 1. The van der Waals surface area contributed by atoms with Crippen LogP contribution < -0.4 is 10.4 Å². The molecular weight excluding hydrogens is 344 g/mol. The lowest BCUT2D eigenvalue weighted by Crippen LogP contribution is -2.30. The third kappa shape index (κ3) is 4.46. The van der Waals surface area contributed by atoms with Gasteiger partial charge in [0, 0.05) is 13.5 Å². The van der Waals surface area contributed by atoms with E-state index in [9.17, 15) is 14.7 Å². The van der Waals surface area contributed by atoms with E-state index >= 15 is 0 Å². The second-order valence-corrected chi connectivity index (χ2v) is 6.75. The van der Waals surface area contributed by atoms with E-state index in [0.29, 0.717) is 18.6 Å². The molecular formula is C21H24N2O4. The Kier molecular flexibility index (Phi) is 5.76. The Morgan fingerprint density at radius 1 is 1.11 bits per heavy atom. The fourth-order valence-corrected chi connectivity index (χ4v) is 3.07. The standard InChI is InChI=1S/C21H24N2O4/c1-15(24)7-8-16-9-11-18(12-10-16)27-14-17(25)13-23-20-6-4-3-5-19(20)22(2)21(23)26/h3-6,9-12,17,25H,7-8,13-14H2,1-2H3. The van der Waals surface area contributed by atoms with Crippen molar-refractivity contribution in [2.75, 3.05) is 6.61 Å². The maximum Gasteiger partial charge on any atom is 0.328 e. The molecule has 1 aromatic heterocycles. The number of ketones is 1. The molecule has 142 valence electrons. The highest BCUT2D eigenvalue weighted by Gasteiger charge is 2.14. The van der Waals surface area contributed by atoms with Gasteiger partial charge in [-0.3, -0.25) is 9.13 Å². The molecule has 1 atom stereocenters. The van der Waals surface area contributed by atoms with Gasteiger partial charge in [0.1, 0.15) is 24.2 Å². The molecule has 0 aliphatic carbocycles. The van der Waals surface area contributed by atoms with Gasteiger partial charge in [0.05, 0.1) is 17.6 Å². The normalized spacial score (nSPS) is 12.3. The number of benzene rings is 2. The predicted molar refractivity (Wildman–Crippen MR) is 104 cm³/mol. The molecule has 0 fully saturated rings. The molecule has 6 nitrogen and oxygen atoms in total. The molecule has 3 rings (SSSR count). The third-order valence-electron chi connectivity index (χ3n) is 4.58. The molecule has 0 amide bonds. The van der Waals surface area contributed by atoms with E-state index in [-0.39, 0.29) is 24.6 Å². The number of imidazole rings is 1. The largest absolute Gasteiger partial charge is 0.491 e.